The summed E-state index contributed by atoms with van der Waals surface area (Å²) in [5.74, 6) is 0.547. The van der Waals surface area contributed by atoms with E-state index < -0.39 is 0 Å². The van der Waals surface area contributed by atoms with Gasteiger partial charge in [0.2, 0.25) is 11.8 Å². The van der Waals surface area contributed by atoms with Crippen LogP contribution in [-0.4, -0.2) is 21.9 Å². The first-order chi connectivity index (χ1) is 11.2. The summed E-state index contributed by atoms with van der Waals surface area (Å²) >= 11 is 3.40. The lowest BCUT2D eigenvalue weighted by Crippen LogP contribution is -2.14. The first-order valence-corrected chi connectivity index (χ1v) is 8.85. The van der Waals surface area contributed by atoms with Crippen LogP contribution in [0.3, 0.4) is 0 Å². The molecule has 5 nitrogen and oxygen atoms in total. The third-order valence-electron chi connectivity index (χ3n) is 2.90. The van der Waals surface area contributed by atoms with Gasteiger partial charge in [-0.05, 0) is 46.9 Å². The van der Waals surface area contributed by atoms with E-state index in [1.165, 1.54) is 11.8 Å². The predicted octanol–water partition coefficient (Wildman–Crippen LogP) is 4.07. The zero-order chi connectivity index (χ0) is 16.1. The van der Waals surface area contributed by atoms with Gasteiger partial charge in [-0.1, -0.05) is 42.1 Å². The van der Waals surface area contributed by atoms with Gasteiger partial charge >= 0.3 is 0 Å². The molecule has 0 aliphatic heterocycles. The molecule has 0 bridgehead atoms. The summed E-state index contributed by atoms with van der Waals surface area (Å²) in [6, 6.07) is 17.1. The van der Waals surface area contributed by atoms with Gasteiger partial charge in [-0.2, -0.15) is 0 Å². The topological polar surface area (TPSA) is 68.0 Å². The van der Waals surface area contributed by atoms with Gasteiger partial charge in [-0.25, -0.2) is 0 Å². The number of anilines is 1. The molecule has 0 saturated heterocycles. The molecule has 1 heterocycles. The number of para-hydroxylation sites is 1. The van der Waals surface area contributed by atoms with Crippen molar-refractivity contribution in [3.05, 3.63) is 58.2 Å². The van der Waals surface area contributed by atoms with Crippen molar-refractivity contribution in [2.24, 2.45) is 0 Å². The highest BCUT2D eigenvalue weighted by atomic mass is 127. The van der Waals surface area contributed by atoms with E-state index in [0.29, 0.717) is 11.1 Å². The lowest BCUT2D eigenvalue weighted by molar-refractivity contribution is -0.113. The van der Waals surface area contributed by atoms with Gasteiger partial charge in [0.1, 0.15) is 0 Å². The van der Waals surface area contributed by atoms with Crippen molar-refractivity contribution < 1.29 is 9.21 Å². The molecule has 0 atom stereocenters. The molecule has 0 aliphatic carbocycles. The second-order valence-electron chi connectivity index (χ2n) is 4.56. The Hall–Kier alpha value is -1.87. The molecule has 3 rings (SSSR count). The van der Waals surface area contributed by atoms with Gasteiger partial charge in [0.05, 0.1) is 11.4 Å². The maximum absolute atomic E-state index is 12.0. The molecule has 3 aromatic rings. The lowest BCUT2D eigenvalue weighted by atomic mass is 10.2. The van der Waals surface area contributed by atoms with Crippen LogP contribution >= 0.6 is 34.4 Å². The summed E-state index contributed by atoms with van der Waals surface area (Å²) < 4.78 is 6.55. The SMILES string of the molecule is O=C(CSc1nnc(-c2ccccc2)o1)Nc1ccccc1I. The Kier molecular flexibility index (Phi) is 5.29. The average Bonchev–Trinajstić information content (AvgIpc) is 3.05. The minimum absolute atomic E-state index is 0.112. The Morgan fingerprint density at radius 3 is 2.61 bits per heavy atom. The van der Waals surface area contributed by atoms with Crippen molar-refractivity contribution in [1.82, 2.24) is 10.2 Å². The number of hydrogen-bond donors (Lipinski definition) is 1. The number of carbonyl (C=O) groups excluding carboxylic acids is 1. The van der Waals surface area contributed by atoms with Crippen molar-refractivity contribution in [2.45, 2.75) is 5.22 Å². The molecule has 0 spiro atoms. The van der Waals surface area contributed by atoms with Crippen LogP contribution in [0, 0.1) is 3.57 Å². The predicted molar refractivity (Wildman–Crippen MR) is 98.2 cm³/mol. The molecule has 116 valence electrons. The first kappa shape index (κ1) is 16.0. The molecule has 7 heteroatoms. The van der Waals surface area contributed by atoms with Gasteiger partial charge in [-0.3, -0.25) is 4.79 Å². The standard InChI is InChI=1S/C16H12IN3O2S/c17-12-8-4-5-9-13(12)18-14(21)10-23-16-20-19-15(22-16)11-6-2-1-3-7-11/h1-9H,10H2,(H,18,21). The Bertz CT molecular complexity index is 808. The molecule has 0 aliphatic rings. The number of nitrogens with one attached hydrogen (secondary N) is 1. The van der Waals surface area contributed by atoms with Crippen LogP contribution in [0.2, 0.25) is 0 Å². The minimum Gasteiger partial charge on any atom is -0.411 e. The van der Waals surface area contributed by atoms with E-state index in [-0.39, 0.29) is 11.7 Å². The normalized spacial score (nSPS) is 10.5. The van der Waals surface area contributed by atoms with Crippen molar-refractivity contribution in [1.29, 1.82) is 0 Å². The van der Waals surface area contributed by atoms with Crippen LogP contribution in [0.25, 0.3) is 11.5 Å². The van der Waals surface area contributed by atoms with Crippen LogP contribution < -0.4 is 5.32 Å². The van der Waals surface area contributed by atoms with Crippen LogP contribution in [0.5, 0.6) is 0 Å². The smallest absolute Gasteiger partial charge is 0.277 e. The molecule has 23 heavy (non-hydrogen) atoms. The number of benzene rings is 2. The number of thioether (sulfide) groups is 1. The highest BCUT2D eigenvalue weighted by Crippen LogP contribution is 2.23. The van der Waals surface area contributed by atoms with E-state index in [9.17, 15) is 4.79 Å². The summed E-state index contributed by atoms with van der Waals surface area (Å²) in [6.07, 6.45) is 0. The molecule has 1 aromatic heterocycles. The fraction of sp³-hybridized carbons (Fsp3) is 0.0625. The van der Waals surface area contributed by atoms with E-state index in [1.54, 1.807) is 0 Å². The average molecular weight is 437 g/mol. The van der Waals surface area contributed by atoms with Gasteiger partial charge < -0.3 is 9.73 Å². The van der Waals surface area contributed by atoms with Crippen LogP contribution in [0.1, 0.15) is 0 Å². The Labute approximate surface area is 151 Å². The number of amides is 1. The summed E-state index contributed by atoms with van der Waals surface area (Å²) in [4.78, 5) is 12.0. The summed E-state index contributed by atoms with van der Waals surface area (Å²) in [5, 5.41) is 11.2. The highest BCUT2D eigenvalue weighted by Gasteiger charge is 2.11. The van der Waals surface area contributed by atoms with Gasteiger partial charge in [-0.15, -0.1) is 10.2 Å². The zero-order valence-corrected chi connectivity index (χ0v) is 14.9. The first-order valence-electron chi connectivity index (χ1n) is 6.78. The molecular weight excluding hydrogens is 425 g/mol. The third kappa shape index (κ3) is 4.32. The van der Waals surface area contributed by atoms with Gasteiger partial charge in [0.15, 0.2) is 0 Å². The maximum atomic E-state index is 12.0. The van der Waals surface area contributed by atoms with E-state index >= 15 is 0 Å². The van der Waals surface area contributed by atoms with Gasteiger partial charge in [0.25, 0.3) is 5.22 Å². The second-order valence-corrected chi connectivity index (χ2v) is 6.64. The zero-order valence-electron chi connectivity index (χ0n) is 11.9. The number of rotatable bonds is 5. The maximum Gasteiger partial charge on any atom is 0.277 e. The van der Waals surface area contributed by atoms with Crippen molar-refractivity contribution >= 4 is 45.9 Å². The number of halogens is 1. The third-order valence-corrected chi connectivity index (χ3v) is 4.66. The minimum atomic E-state index is -0.112. The Morgan fingerprint density at radius 1 is 1.09 bits per heavy atom. The van der Waals surface area contributed by atoms with Crippen molar-refractivity contribution in [3.63, 3.8) is 0 Å². The lowest BCUT2D eigenvalue weighted by Gasteiger charge is -2.05. The monoisotopic (exact) mass is 437 g/mol. The number of hydrogen-bond acceptors (Lipinski definition) is 5. The summed E-state index contributed by atoms with van der Waals surface area (Å²) in [7, 11) is 0. The molecule has 2 aromatic carbocycles. The Balaban J connectivity index is 1.58. The van der Waals surface area contributed by atoms with Crippen LogP contribution in [0.4, 0.5) is 5.69 Å². The van der Waals surface area contributed by atoms with Crippen molar-refractivity contribution in [3.8, 4) is 11.5 Å². The van der Waals surface area contributed by atoms with E-state index in [2.05, 4.69) is 38.1 Å². The fourth-order valence-electron chi connectivity index (χ4n) is 1.84. The molecule has 0 unspecified atom stereocenters. The molecule has 0 radical (unpaired) electrons. The molecular formula is C16H12IN3O2S. The molecule has 1 N–H and O–H groups in total. The number of nitrogens with zero attached hydrogens (tertiary/aromatic N) is 2. The number of carbonyl (C=O) groups is 1. The quantitative estimate of drug-likeness (QED) is 0.482. The van der Waals surface area contributed by atoms with Crippen molar-refractivity contribution in [2.75, 3.05) is 11.1 Å². The van der Waals surface area contributed by atoms with Crippen LogP contribution in [-0.2, 0) is 4.79 Å². The Morgan fingerprint density at radius 2 is 1.83 bits per heavy atom. The fourth-order valence-corrected chi connectivity index (χ4v) is 2.93. The van der Waals surface area contributed by atoms with E-state index in [0.717, 1.165) is 14.8 Å². The van der Waals surface area contributed by atoms with Gasteiger partial charge in [0, 0.05) is 9.13 Å². The summed E-state index contributed by atoms with van der Waals surface area (Å²) in [6.45, 7) is 0. The number of aromatic nitrogens is 2. The molecule has 0 fully saturated rings. The second kappa shape index (κ2) is 7.60. The largest absolute Gasteiger partial charge is 0.411 e. The summed E-state index contributed by atoms with van der Waals surface area (Å²) in [5.41, 5.74) is 1.66. The molecule has 1 amide bonds. The van der Waals surface area contributed by atoms with E-state index in [4.69, 9.17) is 4.42 Å². The molecule has 0 saturated carbocycles. The van der Waals surface area contributed by atoms with Crippen LogP contribution in [0.15, 0.2) is 64.2 Å². The van der Waals surface area contributed by atoms with E-state index in [1.807, 2.05) is 54.6 Å². The highest BCUT2D eigenvalue weighted by molar-refractivity contribution is 14.1.